The number of nitrogens with zero attached hydrogens (tertiary/aromatic N) is 4. The van der Waals surface area contributed by atoms with Gasteiger partial charge in [0.05, 0.1) is 0 Å². The van der Waals surface area contributed by atoms with E-state index in [2.05, 4.69) is 257 Å². The molecular formula is C88H131Br2ClK2N6O12. The largest absolute Gasteiger partial charge is 1.00 e. The Morgan fingerprint density at radius 1 is 0.486 bits per heavy atom. The van der Waals surface area contributed by atoms with E-state index in [-0.39, 0.29) is 122 Å². The fraction of sp³-hybridized carbons (Fsp3) is 0.466. The van der Waals surface area contributed by atoms with Crippen LogP contribution in [0.15, 0.2) is 212 Å². The van der Waals surface area contributed by atoms with Crippen LogP contribution in [0.25, 0.3) is 0 Å². The Labute approximate surface area is 776 Å². The molecular weight excluding hydrogens is 1610 g/mol. The fourth-order valence-electron chi connectivity index (χ4n) is 10.8. The number of hydrogen-bond acceptors (Lipinski definition) is 17. The number of anilines is 2. The van der Waals surface area contributed by atoms with Gasteiger partial charge in [0.2, 0.25) is 11.1 Å². The van der Waals surface area contributed by atoms with E-state index in [1.807, 2.05) is 48.2 Å². The Balaban J connectivity index is -0.000000398. The van der Waals surface area contributed by atoms with Crippen LogP contribution in [0.1, 0.15) is 107 Å². The number of rotatable bonds is 20. The van der Waals surface area contributed by atoms with Crippen molar-refractivity contribution in [3.8, 4) is 0 Å². The number of piperidine rings is 4. The number of likely N-dealkylation sites (tertiary alicyclic amines) is 3. The molecule has 111 heavy (non-hydrogen) atoms. The monoisotopic (exact) mass is 1730 g/mol. The molecule has 0 saturated carbocycles. The molecule has 0 aliphatic carbocycles. The summed E-state index contributed by atoms with van der Waals surface area (Å²) >= 11 is 11.6. The molecule has 4 saturated heterocycles. The van der Waals surface area contributed by atoms with Gasteiger partial charge in [0.25, 0.3) is 6.47 Å². The predicted octanol–water partition coefficient (Wildman–Crippen LogP) is 9.40. The summed E-state index contributed by atoms with van der Waals surface area (Å²) in [5.41, 5.74) is 9.31. The normalized spacial score (nSPS) is 13.4. The molecule has 0 bridgehead atoms. The first kappa shape index (κ1) is 114. The summed E-state index contributed by atoms with van der Waals surface area (Å²) in [6.07, 6.45) is 14.1. The van der Waals surface area contributed by atoms with Gasteiger partial charge in [-0.05, 0) is 121 Å². The molecule has 11 rings (SSSR count). The summed E-state index contributed by atoms with van der Waals surface area (Å²) in [4.78, 5) is 64.4. The van der Waals surface area contributed by atoms with E-state index < -0.39 is 0 Å². The summed E-state index contributed by atoms with van der Waals surface area (Å²) in [6, 6.07) is 74.6. The summed E-state index contributed by atoms with van der Waals surface area (Å²) in [5.74, 6) is 1.05. The molecule has 0 unspecified atom stereocenters. The van der Waals surface area contributed by atoms with Crippen molar-refractivity contribution < 1.29 is 162 Å². The molecule has 3 N–H and O–H groups in total. The van der Waals surface area contributed by atoms with Gasteiger partial charge in [-0.25, -0.2) is 0 Å². The van der Waals surface area contributed by atoms with E-state index in [1.165, 1.54) is 66.0 Å². The molecule has 608 valence electrons. The SMILES string of the molecule is BrCCc1ccccc1.BrCCc1ccccc1.CCC(=O)Cl.CCC(=O)N(c1ccccc1)C1CCN(CCc2ccccc2)CC1.CO.COC.COC.COC.COC.O=C1CCN(CCc2ccccc2)CC1.O=C1CCNCC1.O=CO[O-].[H-].[K+].[K+].c1ccc(CCN2CCC(Nc3ccccc3)CC2)cc1. The first-order chi connectivity index (χ1) is 53.1. The minimum atomic E-state index is -0.273. The van der Waals surface area contributed by atoms with Gasteiger partial charge < -0.3 is 65.9 Å². The molecule has 0 spiro atoms. The van der Waals surface area contributed by atoms with Crippen molar-refractivity contribution in [3.05, 3.63) is 240 Å². The van der Waals surface area contributed by atoms with Crippen LogP contribution in [0, 0.1) is 0 Å². The summed E-state index contributed by atoms with van der Waals surface area (Å²) < 4.78 is 17.0. The number of benzene rings is 7. The zero-order valence-electron chi connectivity index (χ0n) is 70.1. The van der Waals surface area contributed by atoms with Gasteiger partial charge in [-0.2, -0.15) is 0 Å². The van der Waals surface area contributed by atoms with Crippen molar-refractivity contribution in [2.45, 2.75) is 122 Å². The van der Waals surface area contributed by atoms with Crippen LogP contribution in [0.3, 0.4) is 0 Å². The number of aryl methyl sites for hydroxylation is 2. The molecule has 4 aliphatic rings. The molecule has 1 amide bonds. The summed E-state index contributed by atoms with van der Waals surface area (Å²) in [7, 11) is 14.0. The number of para-hydroxylation sites is 2. The van der Waals surface area contributed by atoms with Gasteiger partial charge in [-0.3, -0.25) is 24.0 Å². The van der Waals surface area contributed by atoms with Gasteiger partial charge >= 0.3 is 103 Å². The van der Waals surface area contributed by atoms with Crippen LogP contribution in [-0.2, 0) is 79.9 Å². The van der Waals surface area contributed by atoms with E-state index >= 15 is 0 Å². The number of Topliss-reactive ketones (excluding diaryl/α,β-unsaturated/α-hetero) is 2. The first-order valence-corrected chi connectivity index (χ1v) is 40.1. The van der Waals surface area contributed by atoms with Gasteiger partial charge in [0.1, 0.15) is 11.6 Å². The van der Waals surface area contributed by atoms with Gasteiger partial charge in [-0.15, -0.1) is 0 Å². The number of nitrogens with one attached hydrogen (secondary N) is 2. The second kappa shape index (κ2) is 84.3. The Kier molecular flexibility index (Phi) is 86.4. The van der Waals surface area contributed by atoms with Crippen molar-refractivity contribution in [1.29, 1.82) is 0 Å². The molecule has 23 heteroatoms. The molecule has 18 nitrogen and oxygen atoms in total. The molecule has 7 aromatic carbocycles. The third-order valence-electron chi connectivity index (χ3n) is 16.3. The number of ether oxygens (including phenoxy) is 4. The Morgan fingerprint density at radius 3 is 1.03 bits per heavy atom. The minimum absolute atomic E-state index is 0. The van der Waals surface area contributed by atoms with Crippen LogP contribution >= 0.6 is 43.5 Å². The van der Waals surface area contributed by atoms with Crippen molar-refractivity contribution in [2.24, 2.45) is 0 Å². The molecule has 0 radical (unpaired) electrons. The number of alkyl halides is 2. The number of aliphatic hydroxyl groups excluding tert-OH is 1. The summed E-state index contributed by atoms with van der Waals surface area (Å²) in [6.45, 7) is 15.1. The number of aliphatic hydroxyl groups is 1. The first-order valence-electron chi connectivity index (χ1n) is 37.5. The number of halogens is 3. The smallest absolute Gasteiger partial charge is 1.00 e. The number of ketones is 2. The van der Waals surface area contributed by atoms with Crippen LogP contribution in [-0.4, -0.2) is 208 Å². The topological polar surface area (TPSA) is 212 Å². The van der Waals surface area contributed by atoms with Gasteiger partial charge in [0.15, 0.2) is 0 Å². The van der Waals surface area contributed by atoms with E-state index in [4.69, 9.17) is 26.8 Å². The van der Waals surface area contributed by atoms with E-state index in [1.54, 1.807) is 63.8 Å². The zero-order chi connectivity index (χ0) is 81.0. The third-order valence-corrected chi connectivity index (χ3v) is 17.3. The molecule has 0 aromatic heterocycles. The average molecular weight is 1740 g/mol. The van der Waals surface area contributed by atoms with Crippen LogP contribution in [0.2, 0.25) is 0 Å². The van der Waals surface area contributed by atoms with Crippen molar-refractivity contribution >= 4 is 84.0 Å². The standard InChI is InChI=1S/C22H28N2O.C19H24N2.C13H17NO.2C8H9Br.C5H9NO.C3H5ClO.4C2H6O.CH2O3.CH4O.2K.H/c1-2-22(25)24(20-11-7-4-8-12-20)21-14-17-23(18-15-21)16-13-19-9-5-3-6-10-19;1-3-7-17(8-4-1)11-14-21-15-12-19(13-16-21)20-18-9-5-2-6-10-18;15-13-7-10-14(11-8-13)9-6-12-4-2-1-3-5-12;2*9-7-6-8-4-2-1-3-5-8;7-5-1-3-6-4-2-5;1-2-3(4)5;4*1-3-2;2-1-4-3;1-2;;;/h3-12,21H,2,13-18H2,1H3;1-10,19-20H,11-16H2;1-5H,6-11H2;2*1-5H,6-7H2;6H,1-4H2;2H2,1H3;4*1-2H3;1,3H;2H,1H3;;;/q;;;;;;;;;;;;;2*+1;-1/p-1. The Morgan fingerprint density at radius 2 is 0.757 bits per heavy atom. The fourth-order valence-corrected chi connectivity index (χ4v) is 11.7. The number of carbonyl (C=O) groups is 5. The average Bonchev–Trinajstić information content (AvgIpc) is 0.825. The predicted molar refractivity (Wildman–Crippen MR) is 459 cm³/mol. The second-order valence-electron chi connectivity index (χ2n) is 24.9. The maximum atomic E-state index is 12.5. The van der Waals surface area contributed by atoms with Crippen LogP contribution in [0.5, 0.6) is 0 Å². The molecule has 4 aliphatic heterocycles. The van der Waals surface area contributed by atoms with Crippen LogP contribution < -0.4 is 124 Å². The summed E-state index contributed by atoms with van der Waals surface area (Å²) in [5, 5.41) is 24.0. The molecule has 0 atom stereocenters. The Hall–Kier alpha value is -3.59. The molecule has 7 aromatic rings. The van der Waals surface area contributed by atoms with E-state index in [0.29, 0.717) is 36.5 Å². The number of hydrogen-bond donors (Lipinski definition) is 3. The van der Waals surface area contributed by atoms with Crippen LogP contribution in [0.4, 0.5) is 11.4 Å². The van der Waals surface area contributed by atoms with Crippen molar-refractivity contribution in [2.75, 3.05) is 157 Å². The number of methoxy groups -OCH3 is 4. The second-order valence-corrected chi connectivity index (χ2v) is 26.9. The van der Waals surface area contributed by atoms with E-state index in [9.17, 15) is 19.2 Å². The Bertz CT molecular complexity index is 3090. The number of carbonyl (C=O) groups excluding carboxylic acids is 5. The third kappa shape index (κ3) is 66.2. The molecule has 4 heterocycles. The maximum absolute atomic E-state index is 12.5. The quantitative estimate of drug-likeness (QED) is 0.0162. The van der Waals surface area contributed by atoms with Crippen molar-refractivity contribution in [3.63, 3.8) is 0 Å². The maximum Gasteiger partial charge on any atom is 1.00 e. The van der Waals surface area contributed by atoms with Crippen molar-refractivity contribution in [1.82, 2.24) is 20.0 Å². The minimum Gasteiger partial charge on any atom is -1.00 e. The van der Waals surface area contributed by atoms with Gasteiger partial charge in [-0.1, -0.05) is 234 Å². The number of amides is 1. The van der Waals surface area contributed by atoms with E-state index in [0.717, 1.165) is 146 Å². The molecule has 4 fully saturated rings. The zero-order valence-corrected chi connectivity index (χ0v) is 79.3. The van der Waals surface area contributed by atoms with Gasteiger partial charge in [0, 0.05) is 209 Å².